The van der Waals surface area contributed by atoms with Crippen molar-refractivity contribution in [3.8, 4) is 21.1 Å². The van der Waals surface area contributed by atoms with Gasteiger partial charge in [-0.2, -0.15) is 18.3 Å². The van der Waals surface area contributed by atoms with Crippen molar-refractivity contribution in [2.45, 2.75) is 13.1 Å². The number of alkyl halides is 3. The molecule has 1 N–H and O–H groups in total. The zero-order chi connectivity index (χ0) is 25.7. The number of hydrogen-bond donors (Lipinski definition) is 1. The topological polar surface area (TPSA) is 72.2 Å². The molecule has 1 amide bonds. The van der Waals surface area contributed by atoms with Crippen LogP contribution in [0.2, 0.25) is 0 Å². The fourth-order valence-corrected chi connectivity index (χ4v) is 5.64. The molecule has 6 aromatic rings. The molecule has 0 saturated heterocycles. The third kappa shape index (κ3) is 4.47. The summed E-state index contributed by atoms with van der Waals surface area (Å²) in [7, 11) is 0. The van der Waals surface area contributed by atoms with Gasteiger partial charge in [0.05, 0.1) is 20.8 Å². The van der Waals surface area contributed by atoms with Gasteiger partial charge in [-0.15, -0.1) is 22.7 Å². The van der Waals surface area contributed by atoms with Gasteiger partial charge < -0.3 is 5.32 Å². The van der Waals surface area contributed by atoms with Crippen molar-refractivity contribution >= 4 is 50.1 Å². The lowest BCUT2D eigenvalue weighted by Crippen LogP contribution is -2.15. The number of thiazole rings is 1. The molecule has 4 heterocycles. The van der Waals surface area contributed by atoms with E-state index in [1.807, 2.05) is 31.2 Å². The van der Waals surface area contributed by atoms with Gasteiger partial charge in [-0.05, 0) is 66.4 Å². The average molecular weight is 536 g/mol. The maximum atomic E-state index is 13.8. The minimum absolute atomic E-state index is 0.0650. The quantitative estimate of drug-likeness (QED) is 0.257. The molecule has 6 nitrogen and oxygen atoms in total. The molecule has 0 fully saturated rings. The van der Waals surface area contributed by atoms with E-state index in [0.717, 1.165) is 32.4 Å². The van der Waals surface area contributed by atoms with Crippen molar-refractivity contribution in [3.63, 3.8) is 0 Å². The molecule has 0 aliphatic heterocycles. The molecular formula is C26H16F3N5OS2. The number of carbonyl (C=O) groups excluding carboxylic acids is 1. The highest BCUT2D eigenvalue weighted by Gasteiger charge is 2.35. The molecule has 0 saturated carbocycles. The number of carbonyl (C=O) groups is 1. The summed E-state index contributed by atoms with van der Waals surface area (Å²) in [6, 6.07) is 18.8. The number of rotatable bonds is 4. The van der Waals surface area contributed by atoms with Crippen LogP contribution >= 0.6 is 22.7 Å². The summed E-state index contributed by atoms with van der Waals surface area (Å²) in [4.78, 5) is 22.4. The Kier molecular flexibility index (Phi) is 5.54. The Balaban J connectivity index is 1.28. The van der Waals surface area contributed by atoms with E-state index >= 15 is 0 Å². The Hall–Kier alpha value is -4.09. The Morgan fingerprint density at radius 1 is 1.00 bits per heavy atom. The Morgan fingerprint density at radius 2 is 1.81 bits per heavy atom. The van der Waals surface area contributed by atoms with Gasteiger partial charge >= 0.3 is 6.18 Å². The zero-order valence-corrected chi connectivity index (χ0v) is 20.7. The van der Waals surface area contributed by atoms with Crippen LogP contribution < -0.4 is 5.32 Å². The summed E-state index contributed by atoms with van der Waals surface area (Å²) in [5.41, 5.74) is 2.38. The SMILES string of the molecule is Cc1ccc2nc(-c3ccc(NC(=O)c4cc5nc(-c6cccs6)cc(C(F)(F)F)n5n4)cc3)sc2c1. The van der Waals surface area contributed by atoms with Gasteiger partial charge in [-0.1, -0.05) is 12.1 Å². The molecule has 6 rings (SSSR count). The molecule has 0 spiro atoms. The lowest BCUT2D eigenvalue weighted by atomic mass is 10.2. The van der Waals surface area contributed by atoms with Gasteiger partial charge in [0, 0.05) is 17.3 Å². The number of halogens is 3. The summed E-state index contributed by atoms with van der Waals surface area (Å²) in [5, 5.41) is 9.21. The maximum absolute atomic E-state index is 13.8. The van der Waals surface area contributed by atoms with Crippen LogP contribution in [0.3, 0.4) is 0 Å². The molecule has 0 bridgehead atoms. The summed E-state index contributed by atoms with van der Waals surface area (Å²) in [6.45, 7) is 2.03. The molecule has 2 aromatic carbocycles. The van der Waals surface area contributed by atoms with Crippen molar-refractivity contribution in [2.24, 2.45) is 0 Å². The Bertz CT molecular complexity index is 1770. The summed E-state index contributed by atoms with van der Waals surface area (Å²) < 4.78 is 43.1. The number of thiophene rings is 1. The normalized spacial score (nSPS) is 11.9. The van der Waals surface area contributed by atoms with E-state index in [9.17, 15) is 18.0 Å². The third-order valence-corrected chi connectivity index (χ3v) is 7.62. The first-order valence-electron chi connectivity index (χ1n) is 11.1. The number of benzene rings is 2. The lowest BCUT2D eigenvalue weighted by molar-refractivity contribution is -0.142. The second-order valence-corrected chi connectivity index (χ2v) is 10.3. The number of fused-ring (bicyclic) bond motifs is 2. The molecule has 0 unspecified atom stereocenters. The van der Waals surface area contributed by atoms with Crippen molar-refractivity contribution in [1.29, 1.82) is 0 Å². The average Bonchev–Trinajstić information content (AvgIpc) is 3.62. The number of amides is 1. The van der Waals surface area contributed by atoms with Crippen LogP contribution in [-0.4, -0.2) is 25.5 Å². The number of hydrogen-bond acceptors (Lipinski definition) is 6. The smallest absolute Gasteiger partial charge is 0.321 e. The molecule has 0 aliphatic rings. The highest BCUT2D eigenvalue weighted by Crippen LogP contribution is 2.34. The first-order valence-corrected chi connectivity index (χ1v) is 12.7. The first kappa shape index (κ1) is 23.3. The molecular weight excluding hydrogens is 519 g/mol. The second kappa shape index (κ2) is 8.79. The van der Waals surface area contributed by atoms with Gasteiger partial charge in [0.25, 0.3) is 5.91 Å². The molecule has 11 heteroatoms. The molecule has 0 aliphatic carbocycles. The van der Waals surface area contributed by atoms with Crippen LogP contribution in [-0.2, 0) is 6.18 Å². The van der Waals surface area contributed by atoms with Crippen LogP contribution in [0, 0.1) is 6.92 Å². The van der Waals surface area contributed by atoms with Crippen molar-refractivity contribution in [2.75, 3.05) is 5.32 Å². The minimum atomic E-state index is -4.68. The summed E-state index contributed by atoms with van der Waals surface area (Å²) in [6.07, 6.45) is -4.68. The lowest BCUT2D eigenvalue weighted by Gasteiger charge is -2.10. The fraction of sp³-hybridized carbons (Fsp3) is 0.0769. The molecule has 37 heavy (non-hydrogen) atoms. The number of aryl methyl sites for hydroxylation is 1. The molecule has 4 aromatic heterocycles. The first-order chi connectivity index (χ1) is 17.7. The van der Waals surface area contributed by atoms with Crippen molar-refractivity contribution in [1.82, 2.24) is 19.6 Å². The van der Waals surface area contributed by atoms with Gasteiger partial charge in [0.2, 0.25) is 0 Å². The van der Waals surface area contributed by atoms with Crippen LogP contribution in [0.15, 0.2) is 72.1 Å². The molecule has 0 radical (unpaired) electrons. The largest absolute Gasteiger partial charge is 0.433 e. The van der Waals surface area contributed by atoms with Crippen LogP contribution in [0.25, 0.3) is 37.0 Å². The number of nitrogens with one attached hydrogen (secondary N) is 1. The van der Waals surface area contributed by atoms with E-state index in [-0.39, 0.29) is 17.0 Å². The minimum Gasteiger partial charge on any atom is -0.321 e. The Labute approximate surface area is 216 Å². The standard InChI is InChI=1S/C26H16F3N5OS2/c1-14-4-9-17-21(11-14)37-25(32-17)15-5-7-16(8-6-15)30-24(35)19-13-23-31-18(20-3-2-10-36-20)12-22(26(27,28)29)34(23)33-19/h2-13H,1H3,(H,30,35). The van der Waals surface area contributed by atoms with Gasteiger partial charge in [-0.25, -0.2) is 14.5 Å². The van der Waals surface area contributed by atoms with E-state index in [0.29, 0.717) is 15.1 Å². The predicted molar refractivity (Wildman–Crippen MR) is 139 cm³/mol. The van der Waals surface area contributed by atoms with E-state index in [1.165, 1.54) is 17.4 Å². The highest BCUT2D eigenvalue weighted by molar-refractivity contribution is 7.21. The van der Waals surface area contributed by atoms with E-state index < -0.39 is 17.8 Å². The van der Waals surface area contributed by atoms with E-state index in [4.69, 9.17) is 0 Å². The number of nitrogens with zero attached hydrogens (tertiary/aromatic N) is 4. The van der Waals surface area contributed by atoms with E-state index in [2.05, 4.69) is 26.4 Å². The summed E-state index contributed by atoms with van der Waals surface area (Å²) >= 11 is 2.85. The van der Waals surface area contributed by atoms with Crippen LogP contribution in [0.4, 0.5) is 18.9 Å². The second-order valence-electron chi connectivity index (χ2n) is 8.32. The third-order valence-electron chi connectivity index (χ3n) is 5.66. The predicted octanol–water partition coefficient (Wildman–Crippen LogP) is 7.31. The Morgan fingerprint density at radius 3 is 2.54 bits per heavy atom. The van der Waals surface area contributed by atoms with Crippen LogP contribution in [0.5, 0.6) is 0 Å². The zero-order valence-electron chi connectivity index (χ0n) is 19.1. The van der Waals surface area contributed by atoms with E-state index in [1.54, 1.807) is 41.0 Å². The number of aromatic nitrogens is 4. The van der Waals surface area contributed by atoms with Gasteiger partial charge in [-0.3, -0.25) is 4.79 Å². The van der Waals surface area contributed by atoms with Crippen LogP contribution in [0.1, 0.15) is 21.7 Å². The maximum Gasteiger partial charge on any atom is 0.433 e. The summed E-state index contributed by atoms with van der Waals surface area (Å²) in [5.74, 6) is -0.639. The van der Waals surface area contributed by atoms with Gasteiger partial charge in [0.15, 0.2) is 17.0 Å². The molecule has 0 atom stereocenters. The number of anilines is 1. The molecule has 184 valence electrons. The monoisotopic (exact) mass is 535 g/mol. The van der Waals surface area contributed by atoms with Crippen molar-refractivity contribution < 1.29 is 18.0 Å². The highest BCUT2D eigenvalue weighted by atomic mass is 32.1. The fourth-order valence-electron chi connectivity index (χ4n) is 3.88. The van der Waals surface area contributed by atoms with Crippen molar-refractivity contribution in [3.05, 3.63) is 89.1 Å². The van der Waals surface area contributed by atoms with Gasteiger partial charge in [0.1, 0.15) is 5.01 Å².